The minimum atomic E-state index is -0.172. The van der Waals surface area contributed by atoms with Crippen LogP contribution in [-0.2, 0) is 21.3 Å². The first kappa shape index (κ1) is 20.4. The van der Waals surface area contributed by atoms with Crippen LogP contribution in [0.25, 0.3) is 0 Å². The van der Waals surface area contributed by atoms with Gasteiger partial charge in [0.05, 0.1) is 17.8 Å². The Hall–Kier alpha value is -0.900. The molecule has 142 valence electrons. The van der Waals surface area contributed by atoms with Crippen LogP contribution in [0.4, 0.5) is 0 Å². The molecule has 0 radical (unpaired) electrons. The van der Waals surface area contributed by atoms with Gasteiger partial charge in [0, 0.05) is 32.7 Å². The number of hydrogen-bond acceptors (Lipinski definition) is 3. The van der Waals surface area contributed by atoms with Gasteiger partial charge in [-0.25, -0.2) is 0 Å². The standard InChI is InChI=1S/C22H37NO2/c1-8-24-22(7,16-23-14-17(2)25-18(3)15-23)13-19-9-11-20(12-10-19)21(4,5)6/h9-12,17-18H,8,13-16H2,1-7H3. The Morgan fingerprint density at radius 1 is 1.04 bits per heavy atom. The highest BCUT2D eigenvalue weighted by Crippen LogP contribution is 2.25. The highest BCUT2D eigenvalue weighted by Gasteiger charge is 2.32. The zero-order valence-corrected chi connectivity index (χ0v) is 17.3. The fraction of sp³-hybridized carbons (Fsp3) is 0.727. The summed E-state index contributed by atoms with van der Waals surface area (Å²) in [5.74, 6) is 0. The van der Waals surface area contributed by atoms with Gasteiger partial charge < -0.3 is 9.47 Å². The molecule has 0 aromatic heterocycles. The highest BCUT2D eigenvalue weighted by molar-refractivity contribution is 5.28. The van der Waals surface area contributed by atoms with E-state index in [1.807, 2.05) is 0 Å². The van der Waals surface area contributed by atoms with Gasteiger partial charge in [0.25, 0.3) is 0 Å². The largest absolute Gasteiger partial charge is 0.374 e. The van der Waals surface area contributed by atoms with E-state index in [1.54, 1.807) is 0 Å². The predicted molar refractivity (Wildman–Crippen MR) is 105 cm³/mol. The normalized spacial score (nSPS) is 24.9. The highest BCUT2D eigenvalue weighted by atomic mass is 16.5. The molecule has 1 aliphatic rings. The molecule has 1 saturated heterocycles. The van der Waals surface area contributed by atoms with E-state index in [9.17, 15) is 0 Å². The summed E-state index contributed by atoms with van der Waals surface area (Å²) in [7, 11) is 0. The number of hydrogen-bond donors (Lipinski definition) is 0. The zero-order valence-electron chi connectivity index (χ0n) is 17.3. The number of nitrogens with zero attached hydrogens (tertiary/aromatic N) is 1. The van der Waals surface area contributed by atoms with E-state index in [4.69, 9.17) is 9.47 Å². The van der Waals surface area contributed by atoms with Gasteiger partial charge in [0.1, 0.15) is 0 Å². The molecule has 25 heavy (non-hydrogen) atoms. The smallest absolute Gasteiger partial charge is 0.0820 e. The summed E-state index contributed by atoms with van der Waals surface area (Å²) in [6, 6.07) is 9.06. The molecular weight excluding hydrogens is 310 g/mol. The van der Waals surface area contributed by atoms with Crippen molar-refractivity contribution in [2.24, 2.45) is 0 Å². The first-order valence-electron chi connectivity index (χ1n) is 9.72. The van der Waals surface area contributed by atoms with Gasteiger partial charge in [0.15, 0.2) is 0 Å². The summed E-state index contributed by atoms with van der Waals surface area (Å²) in [5, 5.41) is 0. The van der Waals surface area contributed by atoms with Crippen LogP contribution in [0.3, 0.4) is 0 Å². The molecule has 2 rings (SSSR count). The molecule has 0 saturated carbocycles. The third kappa shape index (κ3) is 6.09. The van der Waals surface area contributed by atoms with Crippen molar-refractivity contribution in [3.63, 3.8) is 0 Å². The van der Waals surface area contributed by atoms with E-state index in [0.29, 0.717) is 12.2 Å². The fourth-order valence-corrected chi connectivity index (χ4v) is 3.94. The maximum Gasteiger partial charge on any atom is 0.0820 e. The Kier molecular flexibility index (Phi) is 6.69. The van der Waals surface area contributed by atoms with Crippen LogP contribution in [0.15, 0.2) is 24.3 Å². The van der Waals surface area contributed by atoms with Crippen molar-refractivity contribution in [2.45, 2.75) is 78.1 Å². The second-order valence-corrected chi connectivity index (χ2v) is 8.96. The molecule has 1 aromatic rings. The van der Waals surface area contributed by atoms with Crippen LogP contribution in [-0.4, -0.2) is 49.0 Å². The maximum absolute atomic E-state index is 6.22. The Labute approximate surface area is 154 Å². The molecule has 3 heteroatoms. The van der Waals surface area contributed by atoms with Gasteiger partial charge in [-0.05, 0) is 44.2 Å². The minimum Gasteiger partial charge on any atom is -0.374 e. The number of benzene rings is 1. The second-order valence-electron chi connectivity index (χ2n) is 8.96. The van der Waals surface area contributed by atoms with E-state index in [2.05, 4.69) is 77.6 Å². The van der Waals surface area contributed by atoms with E-state index < -0.39 is 0 Å². The molecule has 3 atom stereocenters. The second kappa shape index (κ2) is 8.20. The Morgan fingerprint density at radius 2 is 1.60 bits per heavy atom. The van der Waals surface area contributed by atoms with Crippen molar-refractivity contribution in [3.05, 3.63) is 35.4 Å². The van der Waals surface area contributed by atoms with Crippen LogP contribution in [0.2, 0.25) is 0 Å². The monoisotopic (exact) mass is 347 g/mol. The van der Waals surface area contributed by atoms with Crippen LogP contribution in [0.5, 0.6) is 0 Å². The van der Waals surface area contributed by atoms with Crippen molar-refractivity contribution in [1.29, 1.82) is 0 Å². The number of ether oxygens (including phenoxy) is 2. The van der Waals surface area contributed by atoms with E-state index in [0.717, 1.165) is 32.7 Å². The first-order chi connectivity index (χ1) is 11.6. The third-order valence-electron chi connectivity index (χ3n) is 4.94. The summed E-state index contributed by atoms with van der Waals surface area (Å²) in [6.07, 6.45) is 1.52. The minimum absolute atomic E-state index is 0.172. The molecule has 0 aliphatic carbocycles. The lowest BCUT2D eigenvalue weighted by molar-refractivity contribution is -0.103. The SMILES string of the molecule is CCOC(C)(Cc1ccc(C(C)(C)C)cc1)CN1CC(C)OC(C)C1. The first-order valence-corrected chi connectivity index (χ1v) is 9.72. The lowest BCUT2D eigenvalue weighted by atomic mass is 9.85. The van der Waals surface area contributed by atoms with Crippen LogP contribution < -0.4 is 0 Å². The van der Waals surface area contributed by atoms with Gasteiger partial charge in [-0.2, -0.15) is 0 Å². The Morgan fingerprint density at radius 3 is 2.08 bits per heavy atom. The predicted octanol–water partition coefficient (Wildman–Crippen LogP) is 4.43. The molecule has 1 fully saturated rings. The molecule has 3 nitrogen and oxygen atoms in total. The van der Waals surface area contributed by atoms with Crippen molar-refractivity contribution in [3.8, 4) is 0 Å². The molecule has 0 spiro atoms. The van der Waals surface area contributed by atoms with Gasteiger partial charge in [-0.1, -0.05) is 45.0 Å². The van der Waals surface area contributed by atoms with E-state index >= 15 is 0 Å². The summed E-state index contributed by atoms with van der Waals surface area (Å²) < 4.78 is 12.1. The van der Waals surface area contributed by atoms with Gasteiger partial charge >= 0.3 is 0 Å². The quantitative estimate of drug-likeness (QED) is 0.760. The summed E-state index contributed by atoms with van der Waals surface area (Å²) in [4.78, 5) is 2.50. The zero-order chi connectivity index (χ0) is 18.7. The van der Waals surface area contributed by atoms with Crippen molar-refractivity contribution in [2.75, 3.05) is 26.2 Å². The van der Waals surface area contributed by atoms with Crippen LogP contribution >= 0.6 is 0 Å². The van der Waals surface area contributed by atoms with Crippen LogP contribution in [0.1, 0.15) is 59.6 Å². The molecule has 0 amide bonds. The van der Waals surface area contributed by atoms with E-state index in [1.165, 1.54) is 11.1 Å². The molecule has 1 aromatic carbocycles. The molecule has 3 unspecified atom stereocenters. The Bertz CT molecular complexity index is 524. The molecule has 1 aliphatic heterocycles. The summed E-state index contributed by atoms with van der Waals surface area (Å²) >= 11 is 0. The van der Waals surface area contributed by atoms with Gasteiger partial charge in [-0.15, -0.1) is 0 Å². The lowest BCUT2D eigenvalue weighted by Crippen LogP contribution is -2.52. The number of morpholine rings is 1. The van der Waals surface area contributed by atoms with E-state index in [-0.39, 0.29) is 11.0 Å². The third-order valence-corrected chi connectivity index (χ3v) is 4.94. The van der Waals surface area contributed by atoms with Crippen LogP contribution in [0, 0.1) is 0 Å². The average molecular weight is 348 g/mol. The van der Waals surface area contributed by atoms with Crippen molar-refractivity contribution >= 4 is 0 Å². The average Bonchev–Trinajstić information content (AvgIpc) is 2.45. The van der Waals surface area contributed by atoms with Crippen molar-refractivity contribution in [1.82, 2.24) is 4.90 Å². The molecular formula is C22H37NO2. The van der Waals surface area contributed by atoms with Gasteiger partial charge in [-0.3, -0.25) is 4.90 Å². The molecule has 1 heterocycles. The fourth-order valence-electron chi connectivity index (χ4n) is 3.94. The topological polar surface area (TPSA) is 21.7 Å². The Balaban J connectivity index is 2.08. The lowest BCUT2D eigenvalue weighted by Gasteiger charge is -2.41. The van der Waals surface area contributed by atoms with Gasteiger partial charge in [0.2, 0.25) is 0 Å². The maximum atomic E-state index is 6.22. The number of rotatable bonds is 6. The van der Waals surface area contributed by atoms with Crippen molar-refractivity contribution < 1.29 is 9.47 Å². The molecule has 0 bridgehead atoms. The molecule has 0 N–H and O–H groups in total. The summed E-state index contributed by atoms with van der Waals surface area (Å²) in [6.45, 7) is 19.1. The summed E-state index contributed by atoms with van der Waals surface area (Å²) in [5.41, 5.74) is 2.75.